The molecule has 0 bridgehead atoms. The van der Waals surface area contributed by atoms with Gasteiger partial charge >= 0.3 is 6.09 Å². The zero-order valence-corrected chi connectivity index (χ0v) is 16.5. The molecular weight excluding hydrogens is 416 g/mol. The van der Waals surface area contributed by atoms with E-state index in [2.05, 4.69) is 26.6 Å². The third kappa shape index (κ3) is 21.1. The van der Waals surface area contributed by atoms with Gasteiger partial charge in [-0.1, -0.05) is 15.9 Å². The SMILES string of the molecule is O=C(O)NCCOCCOCCOCCOCCOCCNC(=O)CBr. The van der Waals surface area contributed by atoms with E-state index in [1.165, 1.54) is 0 Å². The second kappa shape index (κ2) is 20.3. The molecule has 0 aromatic rings. The third-order valence-corrected chi connectivity index (χ3v) is 3.21. The summed E-state index contributed by atoms with van der Waals surface area (Å²) in [5.74, 6) is -0.0634. The molecular formula is C15H29BrN2O8. The highest BCUT2D eigenvalue weighted by Gasteiger charge is 1.97. The molecule has 0 aliphatic carbocycles. The number of carboxylic acid groups (broad SMARTS) is 1. The van der Waals surface area contributed by atoms with Crippen molar-refractivity contribution in [1.29, 1.82) is 0 Å². The smallest absolute Gasteiger partial charge is 0.404 e. The lowest BCUT2D eigenvalue weighted by molar-refractivity contribution is -0.118. The van der Waals surface area contributed by atoms with E-state index in [0.717, 1.165) is 0 Å². The van der Waals surface area contributed by atoms with E-state index in [1.807, 2.05) is 0 Å². The Kier molecular flexibility index (Phi) is 19.6. The number of nitrogens with one attached hydrogen (secondary N) is 2. The number of rotatable bonds is 19. The molecule has 0 saturated heterocycles. The van der Waals surface area contributed by atoms with Crippen LogP contribution in [0.3, 0.4) is 0 Å². The molecule has 0 atom stereocenters. The fourth-order valence-corrected chi connectivity index (χ4v) is 1.72. The highest BCUT2D eigenvalue weighted by molar-refractivity contribution is 9.09. The van der Waals surface area contributed by atoms with Crippen molar-refractivity contribution < 1.29 is 38.4 Å². The average Bonchev–Trinajstić information content (AvgIpc) is 2.63. The summed E-state index contributed by atoms with van der Waals surface area (Å²) in [6.45, 7) is 5.17. The number of amides is 2. The molecule has 0 spiro atoms. The van der Waals surface area contributed by atoms with Crippen molar-refractivity contribution in [3.8, 4) is 0 Å². The predicted octanol–water partition coefficient (Wildman–Crippen LogP) is -0.152. The van der Waals surface area contributed by atoms with Gasteiger partial charge in [0.15, 0.2) is 0 Å². The number of carbonyl (C=O) groups excluding carboxylic acids is 1. The Balaban J connectivity index is 3.03. The van der Waals surface area contributed by atoms with Crippen molar-refractivity contribution in [1.82, 2.24) is 10.6 Å². The van der Waals surface area contributed by atoms with Crippen molar-refractivity contribution >= 4 is 27.9 Å². The lowest BCUT2D eigenvalue weighted by Gasteiger charge is -2.08. The van der Waals surface area contributed by atoms with Crippen LogP contribution in [0.4, 0.5) is 4.79 Å². The predicted molar refractivity (Wildman–Crippen MR) is 96.9 cm³/mol. The van der Waals surface area contributed by atoms with Crippen LogP contribution in [0.15, 0.2) is 0 Å². The lowest BCUT2D eigenvalue weighted by atomic mass is 10.6. The van der Waals surface area contributed by atoms with Crippen molar-refractivity contribution in [2.24, 2.45) is 0 Å². The molecule has 0 unspecified atom stereocenters. The number of hydrogen-bond donors (Lipinski definition) is 3. The molecule has 10 nitrogen and oxygen atoms in total. The molecule has 0 fully saturated rings. The topological polar surface area (TPSA) is 125 Å². The molecule has 0 heterocycles. The van der Waals surface area contributed by atoms with Gasteiger partial charge in [-0.15, -0.1) is 0 Å². The number of halogens is 1. The van der Waals surface area contributed by atoms with Gasteiger partial charge in [-0.05, 0) is 0 Å². The zero-order chi connectivity index (χ0) is 19.3. The molecule has 26 heavy (non-hydrogen) atoms. The summed E-state index contributed by atoms with van der Waals surface area (Å²) >= 11 is 3.05. The summed E-state index contributed by atoms with van der Waals surface area (Å²) in [5.41, 5.74) is 0. The van der Waals surface area contributed by atoms with Crippen molar-refractivity contribution in [3.05, 3.63) is 0 Å². The largest absolute Gasteiger partial charge is 0.465 e. The quantitative estimate of drug-likeness (QED) is 0.185. The molecule has 3 N–H and O–H groups in total. The van der Waals surface area contributed by atoms with Crippen LogP contribution in [-0.4, -0.2) is 102 Å². The third-order valence-electron chi connectivity index (χ3n) is 2.70. The van der Waals surface area contributed by atoms with Crippen molar-refractivity contribution in [3.63, 3.8) is 0 Å². The van der Waals surface area contributed by atoms with Crippen LogP contribution in [-0.2, 0) is 28.5 Å². The Morgan fingerprint density at radius 1 is 0.654 bits per heavy atom. The Bertz CT molecular complexity index is 350. The maximum atomic E-state index is 10.9. The second-order valence-electron chi connectivity index (χ2n) is 4.78. The van der Waals surface area contributed by atoms with Gasteiger partial charge in [0.05, 0.1) is 71.4 Å². The maximum absolute atomic E-state index is 10.9. The van der Waals surface area contributed by atoms with Crippen LogP contribution in [0, 0.1) is 0 Å². The molecule has 0 aliphatic heterocycles. The highest BCUT2D eigenvalue weighted by Crippen LogP contribution is 1.84. The zero-order valence-electron chi connectivity index (χ0n) is 14.9. The van der Waals surface area contributed by atoms with Gasteiger partial charge in [-0.25, -0.2) is 4.79 Å². The average molecular weight is 445 g/mol. The first kappa shape index (κ1) is 25.0. The van der Waals surface area contributed by atoms with Crippen molar-refractivity contribution in [2.45, 2.75) is 0 Å². The molecule has 0 aliphatic rings. The van der Waals surface area contributed by atoms with Crippen LogP contribution in [0.1, 0.15) is 0 Å². The maximum Gasteiger partial charge on any atom is 0.404 e. The van der Waals surface area contributed by atoms with Gasteiger partial charge in [-0.2, -0.15) is 0 Å². The fraction of sp³-hybridized carbons (Fsp3) is 0.867. The molecule has 0 aromatic carbocycles. The van der Waals surface area contributed by atoms with E-state index in [1.54, 1.807) is 0 Å². The van der Waals surface area contributed by atoms with Gasteiger partial charge in [0.25, 0.3) is 0 Å². The first-order valence-corrected chi connectivity index (χ1v) is 9.47. The first-order chi connectivity index (χ1) is 12.7. The van der Waals surface area contributed by atoms with Gasteiger partial charge in [0.2, 0.25) is 5.91 Å². The minimum absolute atomic E-state index is 0.0634. The molecule has 154 valence electrons. The van der Waals surface area contributed by atoms with E-state index in [9.17, 15) is 9.59 Å². The van der Waals surface area contributed by atoms with Gasteiger partial charge in [0.1, 0.15) is 0 Å². The molecule has 0 radical (unpaired) electrons. The number of carbonyl (C=O) groups is 2. The Morgan fingerprint density at radius 3 is 1.35 bits per heavy atom. The second-order valence-corrected chi connectivity index (χ2v) is 5.34. The highest BCUT2D eigenvalue weighted by atomic mass is 79.9. The van der Waals surface area contributed by atoms with Crippen LogP contribution >= 0.6 is 15.9 Å². The summed E-state index contributed by atoms with van der Waals surface area (Å²) in [5, 5.41) is 13.5. The van der Waals surface area contributed by atoms with Crippen LogP contribution in [0.5, 0.6) is 0 Å². The summed E-state index contributed by atoms with van der Waals surface area (Å²) in [7, 11) is 0. The number of alkyl halides is 1. The Hall–Kier alpha value is -0.980. The van der Waals surface area contributed by atoms with E-state index in [-0.39, 0.29) is 12.5 Å². The van der Waals surface area contributed by atoms with Gasteiger partial charge in [-0.3, -0.25) is 4.79 Å². The van der Waals surface area contributed by atoms with E-state index >= 15 is 0 Å². The monoisotopic (exact) mass is 444 g/mol. The summed E-state index contributed by atoms with van der Waals surface area (Å²) in [4.78, 5) is 21.1. The van der Waals surface area contributed by atoms with Crippen molar-refractivity contribution in [2.75, 3.05) is 84.5 Å². The van der Waals surface area contributed by atoms with Crippen LogP contribution in [0.25, 0.3) is 0 Å². The number of hydrogen-bond acceptors (Lipinski definition) is 7. The molecule has 0 aromatic heterocycles. The minimum Gasteiger partial charge on any atom is -0.465 e. The van der Waals surface area contributed by atoms with Gasteiger partial charge in [0, 0.05) is 13.1 Å². The Morgan fingerprint density at radius 2 is 1.00 bits per heavy atom. The molecule has 11 heteroatoms. The van der Waals surface area contributed by atoms with E-state index in [0.29, 0.717) is 77.9 Å². The molecule has 0 saturated carbocycles. The standard InChI is InChI=1S/C15H29BrN2O8/c16-13-14(19)17-1-3-22-5-7-24-9-11-26-12-10-25-8-6-23-4-2-18-15(20)21/h18H,1-13H2,(H,17,19)(H,20,21). The first-order valence-electron chi connectivity index (χ1n) is 8.35. The minimum atomic E-state index is -1.06. The Labute approximate surface area is 162 Å². The lowest BCUT2D eigenvalue weighted by Crippen LogP contribution is -2.28. The fourth-order valence-electron chi connectivity index (χ4n) is 1.52. The van der Waals surface area contributed by atoms with Crippen LogP contribution in [0.2, 0.25) is 0 Å². The van der Waals surface area contributed by atoms with E-state index in [4.69, 9.17) is 28.8 Å². The molecule has 2 amide bonds. The van der Waals surface area contributed by atoms with E-state index < -0.39 is 6.09 Å². The summed E-state index contributed by atoms with van der Waals surface area (Å²) < 4.78 is 26.4. The molecule has 0 rings (SSSR count). The summed E-state index contributed by atoms with van der Waals surface area (Å²) in [6, 6.07) is 0. The number of ether oxygens (including phenoxy) is 5. The van der Waals surface area contributed by atoms with Crippen LogP contribution < -0.4 is 10.6 Å². The van der Waals surface area contributed by atoms with Gasteiger partial charge < -0.3 is 39.4 Å². The normalized spacial score (nSPS) is 10.7. The summed E-state index contributed by atoms with van der Waals surface area (Å²) in [6.07, 6.45) is -1.06.